The second-order valence-electron chi connectivity index (χ2n) is 7.13. The van der Waals surface area contributed by atoms with Crippen molar-refractivity contribution in [2.75, 3.05) is 13.6 Å². The molecule has 1 aromatic carbocycles. The Hall–Kier alpha value is -2.21. The van der Waals surface area contributed by atoms with Crippen molar-refractivity contribution in [3.63, 3.8) is 0 Å². The minimum absolute atomic E-state index is 0.0271. The summed E-state index contributed by atoms with van der Waals surface area (Å²) < 4.78 is 15.0. The summed E-state index contributed by atoms with van der Waals surface area (Å²) in [5, 5.41) is 10.5. The number of nitrogens with one attached hydrogen (secondary N) is 2. The third-order valence-electron chi connectivity index (χ3n) is 4.42. The summed E-state index contributed by atoms with van der Waals surface area (Å²) in [6, 6.07) is 6.25. The lowest BCUT2D eigenvalue weighted by atomic mass is 9.74. The van der Waals surface area contributed by atoms with Crippen LogP contribution in [0.1, 0.15) is 37.6 Å². The van der Waals surface area contributed by atoms with Crippen LogP contribution in [0.4, 0.5) is 4.39 Å². The Morgan fingerprint density at radius 1 is 1.38 bits per heavy atom. The third kappa shape index (κ3) is 3.33. The lowest BCUT2D eigenvalue weighted by Gasteiger charge is -2.36. The third-order valence-corrected chi connectivity index (χ3v) is 4.42. The number of hydrogen-bond acceptors (Lipinski definition) is 3. The van der Waals surface area contributed by atoms with Crippen LogP contribution in [-0.2, 0) is 11.2 Å². The average Bonchev–Trinajstić information content (AvgIpc) is 2.90. The Morgan fingerprint density at radius 2 is 2.08 bits per heavy atom. The van der Waals surface area contributed by atoms with E-state index >= 15 is 0 Å². The van der Waals surface area contributed by atoms with Crippen LogP contribution in [0.3, 0.4) is 0 Å². The molecule has 0 unspecified atom stereocenters. The minimum atomic E-state index is -0.266. The van der Waals surface area contributed by atoms with Crippen LogP contribution in [0.15, 0.2) is 30.5 Å². The molecule has 128 valence electrons. The van der Waals surface area contributed by atoms with Crippen LogP contribution in [0.5, 0.6) is 0 Å². The van der Waals surface area contributed by atoms with E-state index in [1.165, 1.54) is 12.1 Å². The van der Waals surface area contributed by atoms with E-state index in [0.717, 1.165) is 29.8 Å². The first-order valence-corrected chi connectivity index (χ1v) is 8.16. The molecule has 3 rings (SSSR count). The van der Waals surface area contributed by atoms with E-state index in [9.17, 15) is 9.18 Å². The highest BCUT2D eigenvalue weighted by Gasteiger charge is 2.35. The summed E-state index contributed by atoms with van der Waals surface area (Å²) >= 11 is 0. The van der Waals surface area contributed by atoms with Gasteiger partial charge in [-0.25, -0.2) is 9.07 Å². The first kappa shape index (κ1) is 16.6. The van der Waals surface area contributed by atoms with Crippen LogP contribution in [-0.4, -0.2) is 29.3 Å². The van der Waals surface area contributed by atoms with Crippen molar-refractivity contribution in [3.05, 3.63) is 47.5 Å². The number of fused-ring (bicyclic) bond motifs is 1. The zero-order valence-corrected chi connectivity index (χ0v) is 14.3. The topological polar surface area (TPSA) is 59.0 Å². The second-order valence-corrected chi connectivity index (χ2v) is 7.13. The molecule has 2 aromatic rings. The molecule has 1 aromatic heterocycles. The van der Waals surface area contributed by atoms with Gasteiger partial charge in [0.15, 0.2) is 0 Å². The van der Waals surface area contributed by atoms with Crippen molar-refractivity contribution in [1.82, 2.24) is 20.4 Å². The monoisotopic (exact) mass is 330 g/mol. The van der Waals surface area contributed by atoms with Gasteiger partial charge in [-0.2, -0.15) is 5.10 Å². The molecule has 24 heavy (non-hydrogen) atoms. The minimum Gasteiger partial charge on any atom is -0.348 e. The van der Waals surface area contributed by atoms with Gasteiger partial charge >= 0.3 is 0 Å². The van der Waals surface area contributed by atoms with Crippen molar-refractivity contribution in [2.45, 2.75) is 32.7 Å². The molecule has 0 radical (unpaired) electrons. The molecule has 1 aliphatic carbocycles. The molecule has 0 fully saturated rings. The Kier molecular flexibility index (Phi) is 4.41. The standard InChI is InChI=1S/C18H23FN4O/c1-18(2)8-15(22-17(24)11-20-3)14-10-21-23(16(14)9-18)13-6-4-12(19)5-7-13/h4-7,10,15,20H,8-9,11H2,1-3H3,(H,22,24)/t15-/m1/s1. The van der Waals surface area contributed by atoms with Gasteiger partial charge in [0.05, 0.1) is 30.2 Å². The molecule has 0 spiro atoms. The van der Waals surface area contributed by atoms with Crippen molar-refractivity contribution < 1.29 is 9.18 Å². The molecule has 0 saturated heterocycles. The number of aromatic nitrogens is 2. The van der Waals surface area contributed by atoms with Gasteiger partial charge in [-0.1, -0.05) is 13.8 Å². The fraction of sp³-hybridized carbons (Fsp3) is 0.444. The number of carbonyl (C=O) groups is 1. The van der Waals surface area contributed by atoms with Crippen LogP contribution in [0, 0.1) is 11.2 Å². The normalized spacial score (nSPS) is 18.9. The molecule has 1 atom stereocenters. The van der Waals surface area contributed by atoms with E-state index in [1.807, 2.05) is 10.9 Å². The number of likely N-dealkylation sites (N-methyl/N-ethyl adjacent to an activating group) is 1. The van der Waals surface area contributed by atoms with Gasteiger partial charge in [-0.15, -0.1) is 0 Å². The highest BCUT2D eigenvalue weighted by molar-refractivity contribution is 5.78. The SMILES string of the molecule is CNCC(=O)N[C@@H]1CC(C)(C)Cc2c1cnn2-c1ccc(F)cc1. The molecule has 6 heteroatoms. The smallest absolute Gasteiger partial charge is 0.234 e. The number of rotatable bonds is 4. The zero-order chi connectivity index (χ0) is 17.3. The number of carbonyl (C=O) groups excluding carboxylic acids is 1. The molecule has 5 nitrogen and oxygen atoms in total. The predicted molar refractivity (Wildman–Crippen MR) is 90.4 cm³/mol. The highest BCUT2D eigenvalue weighted by Crippen LogP contribution is 2.41. The van der Waals surface area contributed by atoms with Gasteiger partial charge < -0.3 is 10.6 Å². The quantitative estimate of drug-likeness (QED) is 0.905. The Bertz CT molecular complexity index is 736. The van der Waals surface area contributed by atoms with Crippen molar-refractivity contribution in [3.8, 4) is 5.69 Å². The van der Waals surface area contributed by atoms with E-state index in [2.05, 4.69) is 29.6 Å². The molecule has 2 N–H and O–H groups in total. The molecular weight excluding hydrogens is 307 g/mol. The van der Waals surface area contributed by atoms with E-state index < -0.39 is 0 Å². The van der Waals surface area contributed by atoms with E-state index in [4.69, 9.17) is 0 Å². The molecule has 1 heterocycles. The summed E-state index contributed by atoms with van der Waals surface area (Å²) in [5.41, 5.74) is 2.99. The number of hydrogen-bond donors (Lipinski definition) is 2. The van der Waals surface area contributed by atoms with Crippen molar-refractivity contribution in [1.29, 1.82) is 0 Å². The van der Waals surface area contributed by atoms with E-state index in [-0.39, 0.29) is 23.2 Å². The lowest BCUT2D eigenvalue weighted by molar-refractivity contribution is -0.121. The first-order valence-electron chi connectivity index (χ1n) is 8.16. The Balaban J connectivity index is 1.96. The van der Waals surface area contributed by atoms with Gasteiger partial charge in [-0.05, 0) is 49.6 Å². The van der Waals surface area contributed by atoms with Gasteiger partial charge in [0.25, 0.3) is 0 Å². The Labute approximate surface area is 141 Å². The van der Waals surface area contributed by atoms with Crippen molar-refractivity contribution in [2.24, 2.45) is 5.41 Å². The molecular formula is C18H23FN4O. The van der Waals surface area contributed by atoms with Gasteiger partial charge in [0.2, 0.25) is 5.91 Å². The highest BCUT2D eigenvalue weighted by atomic mass is 19.1. The fourth-order valence-corrected chi connectivity index (χ4v) is 3.38. The number of benzene rings is 1. The van der Waals surface area contributed by atoms with Gasteiger partial charge in [0.1, 0.15) is 5.82 Å². The summed E-state index contributed by atoms with van der Waals surface area (Å²) in [6.07, 6.45) is 3.54. The summed E-state index contributed by atoms with van der Waals surface area (Å²) in [6.45, 7) is 4.67. The maximum Gasteiger partial charge on any atom is 0.234 e. The predicted octanol–water partition coefficient (Wildman–Crippen LogP) is 2.36. The van der Waals surface area contributed by atoms with E-state index in [1.54, 1.807) is 19.2 Å². The molecule has 0 saturated carbocycles. The molecule has 0 aliphatic heterocycles. The lowest BCUT2D eigenvalue weighted by Crippen LogP contribution is -2.39. The second kappa shape index (κ2) is 6.36. The number of amides is 1. The fourth-order valence-electron chi connectivity index (χ4n) is 3.38. The maximum atomic E-state index is 13.2. The molecule has 1 amide bonds. The van der Waals surface area contributed by atoms with E-state index in [0.29, 0.717) is 6.54 Å². The first-order chi connectivity index (χ1) is 11.4. The number of halogens is 1. The molecule has 1 aliphatic rings. The molecule has 0 bridgehead atoms. The maximum absolute atomic E-state index is 13.2. The average molecular weight is 330 g/mol. The van der Waals surface area contributed by atoms with Gasteiger partial charge in [-0.3, -0.25) is 4.79 Å². The van der Waals surface area contributed by atoms with Crippen LogP contribution in [0.2, 0.25) is 0 Å². The van der Waals surface area contributed by atoms with Crippen LogP contribution in [0.25, 0.3) is 5.69 Å². The summed E-state index contributed by atoms with van der Waals surface area (Å²) in [5.74, 6) is -0.294. The van der Waals surface area contributed by atoms with Crippen molar-refractivity contribution >= 4 is 5.91 Å². The van der Waals surface area contributed by atoms with Crippen LogP contribution >= 0.6 is 0 Å². The zero-order valence-electron chi connectivity index (χ0n) is 14.3. The summed E-state index contributed by atoms with van der Waals surface area (Å²) in [4.78, 5) is 12.0. The Morgan fingerprint density at radius 3 is 2.75 bits per heavy atom. The summed E-state index contributed by atoms with van der Waals surface area (Å²) in [7, 11) is 1.75. The largest absolute Gasteiger partial charge is 0.348 e. The van der Waals surface area contributed by atoms with Gasteiger partial charge in [0, 0.05) is 5.56 Å². The number of nitrogens with zero attached hydrogens (tertiary/aromatic N) is 2. The van der Waals surface area contributed by atoms with Crippen LogP contribution < -0.4 is 10.6 Å².